The Morgan fingerprint density at radius 2 is 2.00 bits per heavy atom. The van der Waals surface area contributed by atoms with Crippen molar-refractivity contribution in [2.24, 2.45) is 0 Å². The lowest BCUT2D eigenvalue weighted by Crippen LogP contribution is -2.09. The first-order chi connectivity index (χ1) is 9.93. The van der Waals surface area contributed by atoms with Gasteiger partial charge in [-0.1, -0.05) is 39.7 Å². The van der Waals surface area contributed by atoms with Crippen LogP contribution in [0.2, 0.25) is 5.02 Å². The minimum atomic E-state index is 0.0241. The number of rotatable bonds is 4. The number of halogens is 2. The van der Waals surface area contributed by atoms with E-state index in [0.717, 1.165) is 21.2 Å². The quantitative estimate of drug-likeness (QED) is 0.698. The molecule has 0 atom stereocenters. The summed E-state index contributed by atoms with van der Waals surface area (Å²) < 4.78 is 6.34. The molecular weight excluding hydrogens is 352 g/mol. The fraction of sp³-hybridized carbons (Fsp3) is 0.235. The highest BCUT2D eigenvalue weighted by molar-refractivity contribution is 9.10. The number of ketones is 1. The van der Waals surface area contributed by atoms with Crippen LogP contribution < -0.4 is 4.74 Å². The van der Waals surface area contributed by atoms with Crippen LogP contribution in [0.4, 0.5) is 0 Å². The number of carbonyl (C=O) groups is 1. The van der Waals surface area contributed by atoms with Gasteiger partial charge in [-0.25, -0.2) is 0 Å². The average molecular weight is 368 g/mol. The van der Waals surface area contributed by atoms with Gasteiger partial charge >= 0.3 is 0 Å². The summed E-state index contributed by atoms with van der Waals surface area (Å²) in [5.41, 5.74) is 3.35. The normalized spacial score (nSPS) is 10.5. The van der Waals surface area contributed by atoms with E-state index in [1.54, 1.807) is 13.2 Å². The van der Waals surface area contributed by atoms with Crippen LogP contribution in [0.25, 0.3) is 0 Å². The maximum Gasteiger partial charge on any atom is 0.171 e. The van der Waals surface area contributed by atoms with Crippen molar-refractivity contribution >= 4 is 33.3 Å². The van der Waals surface area contributed by atoms with Gasteiger partial charge in [0.25, 0.3) is 0 Å². The van der Waals surface area contributed by atoms with Gasteiger partial charge in [0, 0.05) is 15.9 Å². The molecule has 0 unspecified atom stereocenters. The van der Waals surface area contributed by atoms with E-state index in [2.05, 4.69) is 15.9 Å². The summed E-state index contributed by atoms with van der Waals surface area (Å²) in [6, 6.07) is 9.32. The third kappa shape index (κ3) is 3.47. The Kier molecular flexibility index (Phi) is 5.07. The molecule has 0 spiro atoms. The Morgan fingerprint density at radius 1 is 1.29 bits per heavy atom. The van der Waals surface area contributed by atoms with Crippen LogP contribution in [-0.4, -0.2) is 12.9 Å². The molecule has 0 aliphatic heterocycles. The predicted octanol–water partition coefficient (Wildman–Crippen LogP) is 5.15. The molecule has 110 valence electrons. The summed E-state index contributed by atoms with van der Waals surface area (Å²) in [6.45, 7) is 3.84. The summed E-state index contributed by atoms with van der Waals surface area (Å²) >= 11 is 9.47. The van der Waals surface area contributed by atoms with Crippen LogP contribution in [0, 0.1) is 13.8 Å². The molecule has 0 aromatic heterocycles. The zero-order chi connectivity index (χ0) is 15.6. The van der Waals surface area contributed by atoms with Crippen LogP contribution in [0.15, 0.2) is 34.8 Å². The molecule has 2 rings (SSSR count). The van der Waals surface area contributed by atoms with Crippen molar-refractivity contribution < 1.29 is 9.53 Å². The second-order valence-electron chi connectivity index (χ2n) is 4.94. The van der Waals surface area contributed by atoms with Crippen molar-refractivity contribution in [3.63, 3.8) is 0 Å². The summed E-state index contributed by atoms with van der Waals surface area (Å²) in [7, 11) is 1.59. The third-order valence-corrected chi connectivity index (χ3v) is 4.46. The van der Waals surface area contributed by atoms with E-state index in [0.29, 0.717) is 22.8 Å². The van der Waals surface area contributed by atoms with Crippen molar-refractivity contribution in [1.29, 1.82) is 0 Å². The minimum absolute atomic E-state index is 0.0241. The van der Waals surface area contributed by atoms with Crippen LogP contribution in [0.1, 0.15) is 27.0 Å². The maximum absolute atomic E-state index is 12.7. The van der Waals surface area contributed by atoms with E-state index >= 15 is 0 Å². The fourth-order valence-corrected chi connectivity index (χ4v) is 3.12. The van der Waals surface area contributed by atoms with Crippen molar-refractivity contribution in [3.8, 4) is 5.75 Å². The van der Waals surface area contributed by atoms with Gasteiger partial charge in [-0.2, -0.15) is 0 Å². The van der Waals surface area contributed by atoms with Crippen molar-refractivity contribution in [2.75, 3.05) is 7.11 Å². The summed E-state index contributed by atoms with van der Waals surface area (Å²) in [4.78, 5) is 12.7. The summed E-state index contributed by atoms with van der Waals surface area (Å²) in [5.74, 6) is 0.666. The minimum Gasteiger partial charge on any atom is -0.496 e. The number of carbonyl (C=O) groups excluding carboxylic acids is 1. The van der Waals surface area contributed by atoms with Crippen molar-refractivity contribution in [2.45, 2.75) is 20.3 Å². The Morgan fingerprint density at radius 3 is 2.62 bits per heavy atom. The Hall–Kier alpha value is -1.32. The predicted molar refractivity (Wildman–Crippen MR) is 89.7 cm³/mol. The van der Waals surface area contributed by atoms with Crippen LogP contribution in [0.5, 0.6) is 5.75 Å². The van der Waals surface area contributed by atoms with Gasteiger partial charge < -0.3 is 4.74 Å². The van der Waals surface area contributed by atoms with Gasteiger partial charge in [-0.05, 0) is 48.7 Å². The van der Waals surface area contributed by atoms with Gasteiger partial charge in [-0.3, -0.25) is 4.79 Å². The lowest BCUT2D eigenvalue weighted by atomic mass is 9.96. The lowest BCUT2D eigenvalue weighted by Gasteiger charge is -2.15. The largest absolute Gasteiger partial charge is 0.496 e. The van der Waals surface area contributed by atoms with Gasteiger partial charge in [-0.15, -0.1) is 0 Å². The maximum atomic E-state index is 12.7. The molecule has 0 aliphatic rings. The van der Waals surface area contributed by atoms with Gasteiger partial charge in [0.1, 0.15) is 5.75 Å². The second-order valence-corrected chi connectivity index (χ2v) is 6.23. The molecule has 21 heavy (non-hydrogen) atoms. The second kappa shape index (κ2) is 6.63. The Bertz CT molecular complexity index is 695. The Labute approximate surface area is 138 Å². The van der Waals surface area contributed by atoms with E-state index in [4.69, 9.17) is 16.3 Å². The van der Waals surface area contributed by atoms with E-state index in [1.807, 2.05) is 38.1 Å². The number of hydrogen-bond donors (Lipinski definition) is 0. The highest BCUT2D eigenvalue weighted by atomic mass is 79.9. The van der Waals surface area contributed by atoms with E-state index in [1.165, 1.54) is 0 Å². The van der Waals surface area contributed by atoms with E-state index < -0.39 is 0 Å². The zero-order valence-electron chi connectivity index (χ0n) is 12.2. The first kappa shape index (κ1) is 16.1. The molecule has 0 saturated heterocycles. The SMILES string of the molecule is COc1c(C)cc(Br)c(C)c1C(=O)Cc1cccc(Cl)c1. The monoisotopic (exact) mass is 366 g/mol. The molecule has 4 heteroatoms. The number of Topliss-reactive ketones (excluding diaryl/α,β-unsaturated/α-hetero) is 1. The highest BCUT2D eigenvalue weighted by Gasteiger charge is 2.20. The summed E-state index contributed by atoms with van der Waals surface area (Å²) in [6.07, 6.45) is 0.299. The topological polar surface area (TPSA) is 26.3 Å². The lowest BCUT2D eigenvalue weighted by molar-refractivity contribution is 0.0989. The summed E-state index contributed by atoms with van der Waals surface area (Å²) in [5, 5.41) is 0.634. The number of hydrogen-bond acceptors (Lipinski definition) is 2. The average Bonchev–Trinajstić information content (AvgIpc) is 2.42. The molecule has 2 nitrogen and oxygen atoms in total. The molecule has 2 aromatic carbocycles. The number of benzene rings is 2. The molecule has 0 amide bonds. The smallest absolute Gasteiger partial charge is 0.171 e. The molecule has 0 bridgehead atoms. The number of methoxy groups -OCH3 is 1. The van der Waals surface area contributed by atoms with E-state index in [-0.39, 0.29) is 5.78 Å². The van der Waals surface area contributed by atoms with Gasteiger partial charge in [0.05, 0.1) is 12.7 Å². The molecule has 0 saturated carbocycles. The fourth-order valence-electron chi connectivity index (χ4n) is 2.37. The Balaban J connectivity index is 2.43. The first-order valence-electron chi connectivity index (χ1n) is 6.55. The first-order valence-corrected chi connectivity index (χ1v) is 7.72. The third-order valence-electron chi connectivity index (χ3n) is 3.40. The molecule has 0 N–H and O–H groups in total. The van der Waals surface area contributed by atoms with Crippen LogP contribution in [-0.2, 0) is 6.42 Å². The number of aryl methyl sites for hydroxylation is 1. The van der Waals surface area contributed by atoms with Crippen LogP contribution in [0.3, 0.4) is 0 Å². The molecule has 0 radical (unpaired) electrons. The van der Waals surface area contributed by atoms with Gasteiger partial charge in [0.15, 0.2) is 5.78 Å². The number of ether oxygens (including phenoxy) is 1. The zero-order valence-corrected chi connectivity index (χ0v) is 14.5. The van der Waals surface area contributed by atoms with Crippen molar-refractivity contribution in [3.05, 3.63) is 62.1 Å². The van der Waals surface area contributed by atoms with Gasteiger partial charge in [0.2, 0.25) is 0 Å². The van der Waals surface area contributed by atoms with Crippen LogP contribution >= 0.6 is 27.5 Å². The molecule has 0 fully saturated rings. The standard InChI is InChI=1S/C17H16BrClO2/c1-10-7-14(18)11(2)16(17(10)21-3)15(20)9-12-5-4-6-13(19)8-12/h4-8H,9H2,1-3H3. The highest BCUT2D eigenvalue weighted by Crippen LogP contribution is 2.33. The molecule has 0 aliphatic carbocycles. The molecule has 0 heterocycles. The van der Waals surface area contributed by atoms with E-state index in [9.17, 15) is 4.79 Å². The molecule has 2 aromatic rings. The molecular formula is C17H16BrClO2. The van der Waals surface area contributed by atoms with Crippen molar-refractivity contribution in [1.82, 2.24) is 0 Å².